The van der Waals surface area contributed by atoms with Crippen LogP contribution in [0.1, 0.15) is 29.4 Å². The molecule has 8 heteroatoms. The molecule has 1 aliphatic rings. The second-order valence-corrected chi connectivity index (χ2v) is 8.18. The second-order valence-electron chi connectivity index (χ2n) is 7.15. The lowest BCUT2D eigenvalue weighted by molar-refractivity contribution is 0.225. The highest BCUT2D eigenvalue weighted by Crippen LogP contribution is 2.11. The van der Waals surface area contributed by atoms with Crippen LogP contribution in [0.5, 0.6) is 0 Å². The van der Waals surface area contributed by atoms with Gasteiger partial charge in [0.25, 0.3) is 0 Å². The molecule has 1 fully saturated rings. The molecule has 0 aliphatic carbocycles. The van der Waals surface area contributed by atoms with E-state index >= 15 is 0 Å². The van der Waals surface area contributed by atoms with Gasteiger partial charge in [0.2, 0.25) is 0 Å². The number of hydrogen-bond donors (Lipinski definition) is 2. The molecular weight excluding hydrogens is 370 g/mol. The van der Waals surface area contributed by atoms with Gasteiger partial charge in [-0.1, -0.05) is 12.1 Å². The summed E-state index contributed by atoms with van der Waals surface area (Å²) in [5.41, 5.74) is 0. The molecule has 1 saturated heterocycles. The Kier molecular flexibility index (Phi) is 7.62. The number of piperidine rings is 1. The van der Waals surface area contributed by atoms with Crippen LogP contribution in [-0.2, 0) is 20.0 Å². The first-order chi connectivity index (χ1) is 13.7. The molecule has 3 rings (SSSR count). The number of nitrogens with zero attached hydrogens (tertiary/aromatic N) is 5. The van der Waals surface area contributed by atoms with Crippen LogP contribution in [0, 0.1) is 6.92 Å². The fraction of sp³-hybridized carbons (Fsp3) is 0.550. The summed E-state index contributed by atoms with van der Waals surface area (Å²) < 4.78 is 1.99. The van der Waals surface area contributed by atoms with E-state index in [9.17, 15) is 0 Å². The predicted octanol–water partition coefficient (Wildman–Crippen LogP) is 2.11. The number of thiophene rings is 1. The molecule has 2 aromatic heterocycles. The van der Waals surface area contributed by atoms with Gasteiger partial charge in [-0.2, -0.15) is 0 Å². The smallest absolute Gasteiger partial charge is 0.191 e. The van der Waals surface area contributed by atoms with Gasteiger partial charge in [-0.15, -0.1) is 28.1 Å². The average molecular weight is 402 g/mol. The standard InChI is InChI=1S/C20H31N7S/c1-4-11-27-12-8-17(9-13-27)23-20(21-10-7-18-6-5-14-28-18)22-15-19-25-24-16(2)26(19)3/h4-6,14,17H,1,7-13,15H2,2-3H3,(H2,21,22,23). The number of likely N-dealkylation sites (tertiary alicyclic amines) is 1. The summed E-state index contributed by atoms with van der Waals surface area (Å²) >= 11 is 1.79. The first kappa shape index (κ1) is 20.5. The molecule has 0 bridgehead atoms. The van der Waals surface area contributed by atoms with E-state index in [-0.39, 0.29) is 0 Å². The van der Waals surface area contributed by atoms with E-state index in [1.54, 1.807) is 11.3 Å². The zero-order chi connectivity index (χ0) is 19.8. The molecule has 28 heavy (non-hydrogen) atoms. The molecule has 0 aromatic carbocycles. The van der Waals surface area contributed by atoms with E-state index in [2.05, 4.69) is 49.8 Å². The Morgan fingerprint density at radius 1 is 1.39 bits per heavy atom. The van der Waals surface area contributed by atoms with Gasteiger partial charge >= 0.3 is 0 Å². The van der Waals surface area contributed by atoms with Crippen molar-refractivity contribution in [2.24, 2.45) is 12.0 Å². The lowest BCUT2D eigenvalue weighted by atomic mass is 10.1. The third kappa shape index (κ3) is 5.90. The zero-order valence-corrected chi connectivity index (χ0v) is 17.7. The minimum Gasteiger partial charge on any atom is -0.356 e. The van der Waals surface area contributed by atoms with Crippen LogP contribution in [0.2, 0.25) is 0 Å². The van der Waals surface area contributed by atoms with E-state index in [1.165, 1.54) is 4.88 Å². The predicted molar refractivity (Wildman–Crippen MR) is 116 cm³/mol. The molecule has 152 valence electrons. The van der Waals surface area contributed by atoms with E-state index in [0.717, 1.165) is 63.0 Å². The number of aromatic nitrogens is 3. The summed E-state index contributed by atoms with van der Waals surface area (Å²) in [6, 6.07) is 4.71. The van der Waals surface area contributed by atoms with Gasteiger partial charge in [0.15, 0.2) is 11.8 Å². The second kappa shape index (κ2) is 10.4. The van der Waals surface area contributed by atoms with E-state index in [1.807, 2.05) is 24.6 Å². The zero-order valence-electron chi connectivity index (χ0n) is 16.9. The highest BCUT2D eigenvalue weighted by atomic mass is 32.1. The van der Waals surface area contributed by atoms with Crippen molar-refractivity contribution < 1.29 is 0 Å². The van der Waals surface area contributed by atoms with Crippen molar-refractivity contribution in [2.45, 2.75) is 38.8 Å². The molecule has 1 aliphatic heterocycles. The average Bonchev–Trinajstić information content (AvgIpc) is 3.32. The van der Waals surface area contributed by atoms with Gasteiger partial charge in [0.05, 0.1) is 0 Å². The van der Waals surface area contributed by atoms with Crippen molar-refractivity contribution in [1.82, 2.24) is 30.3 Å². The minimum absolute atomic E-state index is 0.440. The first-order valence-electron chi connectivity index (χ1n) is 9.91. The third-order valence-corrected chi connectivity index (χ3v) is 6.06. The van der Waals surface area contributed by atoms with Crippen LogP contribution in [0.4, 0.5) is 0 Å². The summed E-state index contributed by atoms with van der Waals surface area (Å²) in [5, 5.41) is 17.6. The number of nitrogens with one attached hydrogen (secondary N) is 2. The molecule has 0 saturated carbocycles. The minimum atomic E-state index is 0.440. The number of rotatable bonds is 8. The van der Waals surface area contributed by atoms with E-state index in [4.69, 9.17) is 4.99 Å². The Morgan fingerprint density at radius 2 is 2.21 bits per heavy atom. The lowest BCUT2D eigenvalue weighted by Crippen LogP contribution is -2.49. The number of guanidine groups is 1. The maximum atomic E-state index is 4.78. The van der Waals surface area contributed by atoms with Gasteiger partial charge in [-0.05, 0) is 37.6 Å². The summed E-state index contributed by atoms with van der Waals surface area (Å²) in [6.07, 6.45) is 5.21. The molecular formula is C20H31N7S. The Balaban J connectivity index is 1.57. The molecule has 0 radical (unpaired) electrons. The van der Waals surface area contributed by atoms with Crippen molar-refractivity contribution in [3.05, 3.63) is 46.7 Å². The Hall–Kier alpha value is -2.19. The van der Waals surface area contributed by atoms with Gasteiger partial charge in [0.1, 0.15) is 12.4 Å². The van der Waals surface area contributed by atoms with Crippen LogP contribution in [0.25, 0.3) is 0 Å². The third-order valence-electron chi connectivity index (χ3n) is 5.12. The van der Waals surface area contributed by atoms with Crippen LogP contribution >= 0.6 is 11.3 Å². The van der Waals surface area contributed by atoms with Gasteiger partial charge in [-0.3, -0.25) is 4.90 Å². The van der Waals surface area contributed by atoms with Crippen molar-refractivity contribution in [1.29, 1.82) is 0 Å². The highest BCUT2D eigenvalue weighted by Gasteiger charge is 2.19. The van der Waals surface area contributed by atoms with Crippen molar-refractivity contribution >= 4 is 17.3 Å². The summed E-state index contributed by atoms with van der Waals surface area (Å²) in [4.78, 5) is 8.60. The highest BCUT2D eigenvalue weighted by molar-refractivity contribution is 7.09. The van der Waals surface area contributed by atoms with Crippen LogP contribution in [0.15, 0.2) is 35.2 Å². The van der Waals surface area contributed by atoms with Gasteiger partial charge in [-0.25, -0.2) is 4.99 Å². The number of hydrogen-bond acceptors (Lipinski definition) is 5. The number of aliphatic imine (C=N–C) groups is 1. The topological polar surface area (TPSA) is 70.4 Å². The van der Waals surface area contributed by atoms with Gasteiger partial charge in [0, 0.05) is 44.1 Å². The van der Waals surface area contributed by atoms with Crippen molar-refractivity contribution in [3.8, 4) is 0 Å². The van der Waals surface area contributed by atoms with Crippen LogP contribution in [0.3, 0.4) is 0 Å². The van der Waals surface area contributed by atoms with E-state index in [0.29, 0.717) is 12.6 Å². The summed E-state index contributed by atoms with van der Waals surface area (Å²) in [7, 11) is 1.98. The normalized spacial score (nSPS) is 16.3. The SMILES string of the molecule is C=CCN1CCC(NC(=NCc2nnc(C)n2C)NCCc2cccs2)CC1. The summed E-state index contributed by atoms with van der Waals surface area (Å²) in [5.74, 6) is 2.64. The largest absolute Gasteiger partial charge is 0.356 e. The Labute approximate surface area is 171 Å². The molecule has 0 spiro atoms. The quantitative estimate of drug-likeness (QED) is 0.403. The van der Waals surface area contributed by atoms with Crippen molar-refractivity contribution in [2.75, 3.05) is 26.2 Å². The fourth-order valence-corrected chi connectivity index (χ4v) is 3.99. The van der Waals surface area contributed by atoms with Crippen molar-refractivity contribution in [3.63, 3.8) is 0 Å². The molecule has 7 nitrogen and oxygen atoms in total. The maximum absolute atomic E-state index is 4.78. The van der Waals surface area contributed by atoms with Crippen LogP contribution in [-0.4, -0.2) is 57.8 Å². The molecule has 2 N–H and O–H groups in total. The molecule has 3 heterocycles. The van der Waals surface area contributed by atoms with Crippen LogP contribution < -0.4 is 10.6 Å². The summed E-state index contributed by atoms with van der Waals surface area (Å²) in [6.45, 7) is 10.3. The first-order valence-corrected chi connectivity index (χ1v) is 10.8. The fourth-order valence-electron chi connectivity index (χ4n) is 3.29. The molecule has 0 unspecified atom stereocenters. The molecule has 0 amide bonds. The Morgan fingerprint density at radius 3 is 2.86 bits per heavy atom. The lowest BCUT2D eigenvalue weighted by Gasteiger charge is -2.32. The maximum Gasteiger partial charge on any atom is 0.191 e. The Bertz CT molecular complexity index is 758. The van der Waals surface area contributed by atoms with E-state index < -0.39 is 0 Å². The monoisotopic (exact) mass is 401 g/mol. The molecule has 0 atom stereocenters. The molecule has 2 aromatic rings. The van der Waals surface area contributed by atoms with Gasteiger partial charge < -0.3 is 15.2 Å². The number of aryl methyl sites for hydroxylation is 1.